The number of nitrogens with one attached hydrogen (secondary N) is 1. The molecule has 0 spiro atoms. The van der Waals surface area contributed by atoms with Gasteiger partial charge < -0.3 is 10.2 Å². The SMILES string of the molecule is NNc1ccc(OCc2ccc(Br)cc2)cc1. The summed E-state index contributed by atoms with van der Waals surface area (Å²) in [6, 6.07) is 15.6. The molecular weight excluding hydrogens is 280 g/mol. The van der Waals surface area contributed by atoms with Crippen molar-refractivity contribution in [2.75, 3.05) is 5.43 Å². The van der Waals surface area contributed by atoms with Gasteiger partial charge in [0.1, 0.15) is 12.4 Å². The zero-order valence-corrected chi connectivity index (χ0v) is 10.8. The average Bonchev–Trinajstić information content (AvgIpc) is 2.39. The summed E-state index contributed by atoms with van der Waals surface area (Å²) in [4.78, 5) is 0. The van der Waals surface area contributed by atoms with Gasteiger partial charge >= 0.3 is 0 Å². The van der Waals surface area contributed by atoms with Crippen molar-refractivity contribution in [2.24, 2.45) is 5.84 Å². The maximum absolute atomic E-state index is 5.65. The second-order valence-corrected chi connectivity index (χ2v) is 4.50. The zero-order chi connectivity index (χ0) is 12.1. The molecule has 0 unspecified atom stereocenters. The lowest BCUT2D eigenvalue weighted by atomic mass is 10.2. The van der Waals surface area contributed by atoms with Crippen LogP contribution in [-0.4, -0.2) is 0 Å². The Labute approximate surface area is 109 Å². The number of benzene rings is 2. The summed E-state index contributed by atoms with van der Waals surface area (Å²) in [5, 5.41) is 0. The molecule has 0 saturated carbocycles. The Bertz CT molecular complexity index is 468. The van der Waals surface area contributed by atoms with Gasteiger partial charge in [0.15, 0.2) is 0 Å². The van der Waals surface area contributed by atoms with E-state index in [0.29, 0.717) is 6.61 Å². The molecule has 0 heterocycles. The quantitative estimate of drug-likeness (QED) is 0.671. The van der Waals surface area contributed by atoms with Crippen molar-refractivity contribution in [2.45, 2.75) is 6.61 Å². The number of hydrogen-bond donors (Lipinski definition) is 2. The Balaban J connectivity index is 1.95. The largest absolute Gasteiger partial charge is 0.489 e. The van der Waals surface area contributed by atoms with E-state index in [4.69, 9.17) is 10.6 Å². The minimum atomic E-state index is 0.558. The number of anilines is 1. The fourth-order valence-corrected chi connectivity index (χ4v) is 1.66. The van der Waals surface area contributed by atoms with Gasteiger partial charge in [-0.25, -0.2) is 0 Å². The van der Waals surface area contributed by atoms with Crippen LogP contribution < -0.4 is 16.0 Å². The third kappa shape index (κ3) is 3.47. The van der Waals surface area contributed by atoms with Gasteiger partial charge in [-0.3, -0.25) is 5.84 Å². The molecule has 0 fully saturated rings. The third-order valence-electron chi connectivity index (χ3n) is 2.34. The molecule has 0 bridgehead atoms. The number of halogens is 1. The molecule has 0 aliphatic carbocycles. The number of nitrogens with two attached hydrogens (primary N) is 1. The molecule has 0 aromatic heterocycles. The van der Waals surface area contributed by atoms with Gasteiger partial charge in [-0.1, -0.05) is 28.1 Å². The Morgan fingerprint density at radius 3 is 2.24 bits per heavy atom. The van der Waals surface area contributed by atoms with Crippen molar-refractivity contribution >= 4 is 21.6 Å². The van der Waals surface area contributed by atoms with Gasteiger partial charge in [-0.05, 0) is 42.0 Å². The highest BCUT2D eigenvalue weighted by atomic mass is 79.9. The fourth-order valence-electron chi connectivity index (χ4n) is 1.39. The molecule has 0 atom stereocenters. The average molecular weight is 293 g/mol. The summed E-state index contributed by atoms with van der Waals surface area (Å²) >= 11 is 3.40. The summed E-state index contributed by atoms with van der Waals surface area (Å²) in [6.45, 7) is 0.558. The Morgan fingerprint density at radius 2 is 1.65 bits per heavy atom. The summed E-state index contributed by atoms with van der Waals surface area (Å²) in [7, 11) is 0. The van der Waals surface area contributed by atoms with Gasteiger partial charge in [0, 0.05) is 10.2 Å². The maximum atomic E-state index is 5.65. The first-order valence-corrected chi connectivity index (χ1v) is 6.01. The van der Waals surface area contributed by atoms with E-state index in [-0.39, 0.29) is 0 Å². The monoisotopic (exact) mass is 292 g/mol. The lowest BCUT2D eigenvalue weighted by Gasteiger charge is -2.07. The second kappa shape index (κ2) is 5.70. The first-order chi connectivity index (χ1) is 8.28. The molecule has 3 nitrogen and oxygen atoms in total. The van der Waals surface area contributed by atoms with E-state index in [1.807, 2.05) is 48.5 Å². The van der Waals surface area contributed by atoms with Gasteiger partial charge in [0.05, 0.1) is 0 Å². The number of nitrogen functional groups attached to an aromatic ring is 1. The van der Waals surface area contributed by atoms with Crippen LogP contribution in [0.2, 0.25) is 0 Å². The van der Waals surface area contributed by atoms with E-state index in [2.05, 4.69) is 21.4 Å². The molecule has 2 aromatic rings. The number of hydrazine groups is 1. The van der Waals surface area contributed by atoms with Crippen molar-refractivity contribution in [3.63, 3.8) is 0 Å². The number of rotatable bonds is 4. The van der Waals surface area contributed by atoms with Crippen LogP contribution in [0, 0.1) is 0 Å². The van der Waals surface area contributed by atoms with Crippen LogP contribution >= 0.6 is 15.9 Å². The van der Waals surface area contributed by atoms with Crippen molar-refractivity contribution < 1.29 is 4.74 Å². The second-order valence-electron chi connectivity index (χ2n) is 3.58. The molecule has 2 aromatic carbocycles. The van der Waals surface area contributed by atoms with Crippen LogP contribution in [0.3, 0.4) is 0 Å². The minimum absolute atomic E-state index is 0.558. The van der Waals surface area contributed by atoms with E-state index in [1.54, 1.807) is 0 Å². The van der Waals surface area contributed by atoms with Crippen LogP contribution in [0.4, 0.5) is 5.69 Å². The highest BCUT2D eigenvalue weighted by Gasteiger charge is 1.96. The Kier molecular flexibility index (Phi) is 4.01. The molecule has 3 N–H and O–H groups in total. The van der Waals surface area contributed by atoms with Crippen LogP contribution in [0.5, 0.6) is 5.75 Å². The lowest BCUT2D eigenvalue weighted by Crippen LogP contribution is -2.06. The van der Waals surface area contributed by atoms with Crippen molar-refractivity contribution in [3.05, 3.63) is 58.6 Å². The first kappa shape index (κ1) is 12.0. The first-order valence-electron chi connectivity index (χ1n) is 5.22. The van der Waals surface area contributed by atoms with Gasteiger partial charge in [0.25, 0.3) is 0 Å². The molecule has 0 saturated heterocycles. The highest BCUT2D eigenvalue weighted by Crippen LogP contribution is 2.17. The molecule has 17 heavy (non-hydrogen) atoms. The number of ether oxygens (including phenoxy) is 1. The molecular formula is C13H13BrN2O. The highest BCUT2D eigenvalue weighted by molar-refractivity contribution is 9.10. The Morgan fingerprint density at radius 1 is 1.00 bits per heavy atom. The molecule has 0 aliphatic rings. The summed E-state index contributed by atoms with van der Waals surface area (Å²) < 4.78 is 6.72. The predicted octanol–water partition coefficient (Wildman–Crippen LogP) is 3.31. The normalized spacial score (nSPS) is 10.0. The topological polar surface area (TPSA) is 47.3 Å². The van der Waals surface area contributed by atoms with Crippen molar-refractivity contribution in [3.8, 4) is 5.75 Å². The van der Waals surface area contributed by atoms with E-state index >= 15 is 0 Å². The van der Waals surface area contributed by atoms with Gasteiger partial charge in [0.2, 0.25) is 0 Å². The van der Waals surface area contributed by atoms with E-state index in [1.165, 1.54) is 0 Å². The smallest absolute Gasteiger partial charge is 0.119 e. The van der Waals surface area contributed by atoms with Gasteiger partial charge in [-0.2, -0.15) is 0 Å². The van der Waals surface area contributed by atoms with Crippen LogP contribution in [0.25, 0.3) is 0 Å². The van der Waals surface area contributed by atoms with E-state index < -0.39 is 0 Å². The lowest BCUT2D eigenvalue weighted by molar-refractivity contribution is 0.306. The van der Waals surface area contributed by atoms with E-state index in [0.717, 1.165) is 21.5 Å². The van der Waals surface area contributed by atoms with Gasteiger partial charge in [-0.15, -0.1) is 0 Å². The standard InChI is InChI=1S/C13H13BrN2O/c14-11-3-1-10(2-4-11)9-17-13-7-5-12(16-15)6-8-13/h1-8,16H,9,15H2. The predicted molar refractivity (Wildman–Crippen MR) is 72.7 cm³/mol. The molecule has 2 rings (SSSR count). The Hall–Kier alpha value is -1.52. The van der Waals surface area contributed by atoms with Crippen LogP contribution in [0.1, 0.15) is 5.56 Å². The maximum Gasteiger partial charge on any atom is 0.119 e. The molecule has 0 aliphatic heterocycles. The van der Waals surface area contributed by atoms with Crippen LogP contribution in [0.15, 0.2) is 53.0 Å². The summed E-state index contributed by atoms with van der Waals surface area (Å²) in [5.74, 6) is 6.11. The molecule has 88 valence electrons. The van der Waals surface area contributed by atoms with Crippen molar-refractivity contribution in [1.82, 2.24) is 0 Å². The molecule has 0 amide bonds. The molecule has 0 radical (unpaired) electrons. The molecule has 4 heteroatoms. The summed E-state index contributed by atoms with van der Waals surface area (Å²) in [6.07, 6.45) is 0. The van der Waals surface area contributed by atoms with Crippen molar-refractivity contribution in [1.29, 1.82) is 0 Å². The third-order valence-corrected chi connectivity index (χ3v) is 2.87. The fraction of sp³-hybridized carbons (Fsp3) is 0.0769. The zero-order valence-electron chi connectivity index (χ0n) is 9.19. The summed E-state index contributed by atoms with van der Waals surface area (Å²) in [5.41, 5.74) is 4.57. The van der Waals surface area contributed by atoms with Crippen LogP contribution in [-0.2, 0) is 6.61 Å². The van der Waals surface area contributed by atoms with E-state index in [9.17, 15) is 0 Å². The minimum Gasteiger partial charge on any atom is -0.489 e. The number of hydrogen-bond acceptors (Lipinski definition) is 3.